The molecule has 4 nitrogen and oxygen atoms in total. The normalized spacial score (nSPS) is 28.4. The summed E-state index contributed by atoms with van der Waals surface area (Å²) in [6.45, 7) is 10.7. The van der Waals surface area contributed by atoms with Crippen molar-refractivity contribution in [1.82, 2.24) is 4.90 Å². The number of hydrogen-bond donors (Lipinski definition) is 0. The fourth-order valence-corrected chi connectivity index (χ4v) is 3.43. The Morgan fingerprint density at radius 2 is 1.88 bits per heavy atom. The number of rotatable bonds is 5. The van der Waals surface area contributed by atoms with Crippen LogP contribution in [0.1, 0.15) is 33.6 Å². The van der Waals surface area contributed by atoms with Gasteiger partial charge in [0.15, 0.2) is 0 Å². The summed E-state index contributed by atoms with van der Waals surface area (Å²) >= 11 is 5.93. The van der Waals surface area contributed by atoms with E-state index in [9.17, 15) is 0 Å². The lowest BCUT2D eigenvalue weighted by Gasteiger charge is -2.39. The number of halogens is 1. The molecule has 2 heterocycles. The third kappa shape index (κ3) is 4.05. The third-order valence-corrected chi connectivity index (χ3v) is 5.16. The molecule has 24 heavy (non-hydrogen) atoms. The fraction of sp³-hybridized carbons (Fsp3) is 0.684. The summed E-state index contributed by atoms with van der Waals surface area (Å²) in [5, 5.41) is 0.701. The van der Waals surface area contributed by atoms with Crippen LogP contribution in [-0.4, -0.2) is 49.6 Å². The van der Waals surface area contributed by atoms with Crippen molar-refractivity contribution in [2.24, 2.45) is 5.41 Å². The van der Waals surface area contributed by atoms with Gasteiger partial charge in [0.1, 0.15) is 12.4 Å². The molecule has 1 aromatic rings. The average molecular weight is 354 g/mol. The van der Waals surface area contributed by atoms with Gasteiger partial charge >= 0.3 is 0 Å². The topological polar surface area (TPSA) is 30.9 Å². The third-order valence-electron chi connectivity index (χ3n) is 4.91. The van der Waals surface area contributed by atoms with Gasteiger partial charge in [-0.2, -0.15) is 0 Å². The van der Waals surface area contributed by atoms with Gasteiger partial charge in [-0.25, -0.2) is 0 Å². The Bertz CT molecular complexity index is 537. The molecule has 2 atom stereocenters. The summed E-state index contributed by atoms with van der Waals surface area (Å²) < 4.78 is 18.6. The Labute approximate surface area is 150 Å². The van der Waals surface area contributed by atoms with E-state index in [1.807, 2.05) is 24.3 Å². The number of ether oxygens (including phenoxy) is 3. The number of hydrogen-bond acceptors (Lipinski definition) is 4. The van der Waals surface area contributed by atoms with E-state index in [1.54, 1.807) is 0 Å². The molecule has 2 aliphatic rings. The first-order valence-corrected chi connectivity index (χ1v) is 9.18. The Balaban J connectivity index is 1.64. The van der Waals surface area contributed by atoms with Crippen molar-refractivity contribution in [1.29, 1.82) is 0 Å². The monoisotopic (exact) mass is 353 g/mol. The highest BCUT2D eigenvalue weighted by molar-refractivity contribution is 6.30. The summed E-state index contributed by atoms with van der Waals surface area (Å²) in [7, 11) is 0. The lowest BCUT2D eigenvalue weighted by Crippen LogP contribution is -2.50. The molecular weight excluding hydrogens is 326 g/mol. The first-order valence-electron chi connectivity index (χ1n) is 8.80. The predicted molar refractivity (Wildman–Crippen MR) is 95.6 cm³/mol. The maximum atomic E-state index is 6.41. The van der Waals surface area contributed by atoms with Gasteiger partial charge in [0.05, 0.1) is 12.7 Å². The second-order valence-corrected chi connectivity index (χ2v) is 8.24. The lowest BCUT2D eigenvalue weighted by molar-refractivity contribution is -0.246. The molecule has 134 valence electrons. The maximum Gasteiger partial charge on any atom is 0.208 e. The van der Waals surface area contributed by atoms with Crippen LogP contribution in [0.3, 0.4) is 0 Å². The maximum absolute atomic E-state index is 6.41. The van der Waals surface area contributed by atoms with E-state index in [-0.39, 0.29) is 11.5 Å². The van der Waals surface area contributed by atoms with Gasteiger partial charge in [0.2, 0.25) is 5.79 Å². The Morgan fingerprint density at radius 3 is 2.50 bits per heavy atom. The molecular formula is C19H28ClNO3. The van der Waals surface area contributed by atoms with Crippen molar-refractivity contribution >= 4 is 11.6 Å². The largest absolute Gasteiger partial charge is 0.488 e. The summed E-state index contributed by atoms with van der Waals surface area (Å²) in [6, 6.07) is 7.39. The van der Waals surface area contributed by atoms with Crippen LogP contribution in [0.2, 0.25) is 5.02 Å². The van der Waals surface area contributed by atoms with E-state index in [2.05, 4.69) is 25.7 Å². The highest BCUT2D eigenvalue weighted by atomic mass is 35.5. The standard InChI is InChI=1S/C19H28ClNO3/c1-18(2,3)19(14-22-16-8-6-15(20)7-9-16)23-13-17(24-19)12-21-10-4-5-11-21/h6-9,17H,4-5,10-14H2,1-3H3. The van der Waals surface area contributed by atoms with Crippen LogP contribution >= 0.6 is 11.6 Å². The number of likely N-dealkylation sites (tertiary alicyclic amines) is 1. The SMILES string of the molecule is CC(C)(C)C1(COc2ccc(Cl)cc2)OCC(CN2CCCC2)O1. The molecule has 5 heteroatoms. The lowest BCUT2D eigenvalue weighted by atomic mass is 9.86. The van der Waals surface area contributed by atoms with Gasteiger partial charge in [0.25, 0.3) is 0 Å². The molecule has 2 saturated heterocycles. The van der Waals surface area contributed by atoms with Crippen molar-refractivity contribution in [3.8, 4) is 5.75 Å². The molecule has 0 N–H and O–H groups in total. The van der Waals surface area contributed by atoms with Crippen LogP contribution in [0.5, 0.6) is 5.75 Å². The minimum absolute atomic E-state index is 0.108. The van der Waals surface area contributed by atoms with E-state index < -0.39 is 5.79 Å². The van der Waals surface area contributed by atoms with Crippen LogP contribution in [0, 0.1) is 5.41 Å². The Morgan fingerprint density at radius 1 is 1.21 bits per heavy atom. The Kier molecular flexibility index (Phi) is 5.40. The van der Waals surface area contributed by atoms with Crippen LogP contribution in [0.15, 0.2) is 24.3 Å². The zero-order valence-corrected chi connectivity index (χ0v) is 15.6. The zero-order valence-electron chi connectivity index (χ0n) is 14.9. The van der Waals surface area contributed by atoms with Gasteiger partial charge in [-0.15, -0.1) is 0 Å². The summed E-state index contributed by atoms with van der Waals surface area (Å²) in [5.74, 6) is 0.0510. The Hall–Kier alpha value is -0.810. The molecule has 0 radical (unpaired) electrons. The highest BCUT2D eigenvalue weighted by Gasteiger charge is 2.51. The van der Waals surface area contributed by atoms with Crippen molar-refractivity contribution in [3.05, 3.63) is 29.3 Å². The van der Waals surface area contributed by atoms with E-state index in [0.29, 0.717) is 18.2 Å². The highest BCUT2D eigenvalue weighted by Crippen LogP contribution is 2.40. The first kappa shape index (κ1) is 18.0. The molecule has 0 bridgehead atoms. The van der Waals surface area contributed by atoms with Crippen molar-refractivity contribution in [2.45, 2.75) is 45.5 Å². The van der Waals surface area contributed by atoms with Gasteiger partial charge in [0, 0.05) is 17.0 Å². The predicted octanol–water partition coefficient (Wildman–Crippen LogP) is 3.97. The van der Waals surface area contributed by atoms with Crippen molar-refractivity contribution in [2.75, 3.05) is 32.8 Å². The minimum Gasteiger partial charge on any atom is -0.488 e. The smallest absolute Gasteiger partial charge is 0.208 e. The van der Waals surface area contributed by atoms with E-state index >= 15 is 0 Å². The summed E-state index contributed by atoms with van der Waals surface area (Å²) in [6.07, 6.45) is 2.69. The number of benzene rings is 1. The molecule has 2 unspecified atom stereocenters. The molecule has 0 saturated carbocycles. The molecule has 2 fully saturated rings. The van der Waals surface area contributed by atoms with E-state index in [4.69, 9.17) is 25.8 Å². The summed E-state index contributed by atoms with van der Waals surface area (Å²) in [4.78, 5) is 2.47. The van der Waals surface area contributed by atoms with Gasteiger partial charge in [-0.3, -0.25) is 0 Å². The van der Waals surface area contributed by atoms with E-state index in [0.717, 1.165) is 12.3 Å². The van der Waals surface area contributed by atoms with Gasteiger partial charge < -0.3 is 19.1 Å². The average Bonchev–Trinajstić information content (AvgIpc) is 3.17. The molecule has 0 aromatic heterocycles. The number of nitrogens with zero attached hydrogens (tertiary/aromatic N) is 1. The molecule has 0 aliphatic carbocycles. The first-order chi connectivity index (χ1) is 11.4. The van der Waals surface area contributed by atoms with Crippen LogP contribution in [0.4, 0.5) is 0 Å². The van der Waals surface area contributed by atoms with Crippen LogP contribution in [0.25, 0.3) is 0 Å². The second kappa shape index (κ2) is 7.20. The molecule has 0 amide bonds. The molecule has 3 rings (SSSR count). The minimum atomic E-state index is -0.725. The van der Waals surface area contributed by atoms with Crippen LogP contribution in [-0.2, 0) is 9.47 Å². The molecule has 0 spiro atoms. The molecule has 2 aliphatic heterocycles. The van der Waals surface area contributed by atoms with Crippen molar-refractivity contribution < 1.29 is 14.2 Å². The van der Waals surface area contributed by atoms with Crippen LogP contribution < -0.4 is 4.74 Å². The summed E-state index contributed by atoms with van der Waals surface area (Å²) in [5.41, 5.74) is -0.181. The second-order valence-electron chi connectivity index (χ2n) is 7.80. The van der Waals surface area contributed by atoms with Gasteiger partial charge in [-0.05, 0) is 50.2 Å². The zero-order chi connectivity index (χ0) is 17.2. The van der Waals surface area contributed by atoms with Crippen molar-refractivity contribution in [3.63, 3.8) is 0 Å². The van der Waals surface area contributed by atoms with E-state index in [1.165, 1.54) is 25.9 Å². The fourth-order valence-electron chi connectivity index (χ4n) is 3.30. The van der Waals surface area contributed by atoms with Gasteiger partial charge in [-0.1, -0.05) is 32.4 Å². The quantitative estimate of drug-likeness (QED) is 0.801. The molecule has 1 aromatic carbocycles.